The third-order valence-corrected chi connectivity index (χ3v) is 4.25. The topological polar surface area (TPSA) is 72.2 Å². The average Bonchev–Trinajstić information content (AvgIpc) is 2.19. The molecule has 4 nitrogen and oxygen atoms in total. The second-order valence-electron chi connectivity index (χ2n) is 5.85. The van der Waals surface area contributed by atoms with Gasteiger partial charge < -0.3 is 5.73 Å². The minimum Gasteiger partial charge on any atom is -0.399 e. The summed E-state index contributed by atoms with van der Waals surface area (Å²) in [5, 5.41) is 0. The van der Waals surface area contributed by atoms with E-state index in [2.05, 4.69) is 4.72 Å². The number of hydrogen-bond donors (Lipinski definition) is 2. The molecule has 0 aliphatic carbocycles. The zero-order valence-corrected chi connectivity index (χ0v) is 12.5. The van der Waals surface area contributed by atoms with Crippen LogP contribution in [0.3, 0.4) is 0 Å². The van der Waals surface area contributed by atoms with E-state index in [1.165, 1.54) is 6.07 Å². The Morgan fingerprint density at radius 3 is 2.28 bits per heavy atom. The fourth-order valence-electron chi connectivity index (χ4n) is 1.52. The number of sulfonamides is 1. The molecule has 0 radical (unpaired) electrons. The quantitative estimate of drug-likeness (QED) is 0.827. The van der Waals surface area contributed by atoms with Gasteiger partial charge in [-0.25, -0.2) is 13.1 Å². The van der Waals surface area contributed by atoms with Gasteiger partial charge in [0.15, 0.2) is 0 Å². The summed E-state index contributed by atoms with van der Waals surface area (Å²) >= 11 is 0. The van der Waals surface area contributed by atoms with Crippen LogP contribution in [0.4, 0.5) is 5.69 Å². The third-order valence-electron chi connectivity index (χ3n) is 2.72. The summed E-state index contributed by atoms with van der Waals surface area (Å²) in [5.74, 6) is 0. The first-order valence-electron chi connectivity index (χ1n) is 5.89. The van der Waals surface area contributed by atoms with Gasteiger partial charge in [0.25, 0.3) is 0 Å². The minimum atomic E-state index is -3.50. The van der Waals surface area contributed by atoms with Crippen molar-refractivity contribution in [2.75, 3.05) is 12.3 Å². The molecule has 18 heavy (non-hydrogen) atoms. The molecule has 0 unspecified atom stereocenters. The van der Waals surface area contributed by atoms with E-state index in [0.717, 1.165) is 11.1 Å². The van der Waals surface area contributed by atoms with Crippen LogP contribution in [-0.4, -0.2) is 15.0 Å². The van der Waals surface area contributed by atoms with Gasteiger partial charge in [-0.1, -0.05) is 20.8 Å². The Labute approximate surface area is 110 Å². The molecular formula is C13H22N2O2S. The number of nitrogens with one attached hydrogen (secondary N) is 1. The van der Waals surface area contributed by atoms with Crippen molar-refractivity contribution in [3.8, 4) is 0 Å². The van der Waals surface area contributed by atoms with Gasteiger partial charge in [0, 0.05) is 12.2 Å². The molecule has 1 aromatic rings. The van der Waals surface area contributed by atoms with Crippen molar-refractivity contribution in [2.45, 2.75) is 39.5 Å². The third kappa shape index (κ3) is 3.71. The molecular weight excluding hydrogens is 248 g/mol. The van der Waals surface area contributed by atoms with Gasteiger partial charge in [-0.05, 0) is 42.5 Å². The van der Waals surface area contributed by atoms with E-state index in [9.17, 15) is 8.42 Å². The van der Waals surface area contributed by atoms with E-state index >= 15 is 0 Å². The normalized spacial score (nSPS) is 12.7. The summed E-state index contributed by atoms with van der Waals surface area (Å²) in [5.41, 5.74) is 7.70. The molecule has 0 aliphatic rings. The Bertz CT molecular complexity index is 543. The van der Waals surface area contributed by atoms with Crippen molar-refractivity contribution in [3.63, 3.8) is 0 Å². The van der Waals surface area contributed by atoms with Crippen molar-refractivity contribution in [1.82, 2.24) is 4.72 Å². The maximum Gasteiger partial charge on any atom is 0.240 e. The highest BCUT2D eigenvalue weighted by atomic mass is 32.2. The first kappa shape index (κ1) is 15.0. The summed E-state index contributed by atoms with van der Waals surface area (Å²) in [6.07, 6.45) is 0. The van der Waals surface area contributed by atoms with Gasteiger partial charge in [-0.15, -0.1) is 0 Å². The van der Waals surface area contributed by atoms with Crippen LogP contribution in [0.2, 0.25) is 0 Å². The van der Waals surface area contributed by atoms with Crippen molar-refractivity contribution in [3.05, 3.63) is 23.3 Å². The molecule has 0 spiro atoms. The van der Waals surface area contributed by atoms with Crippen molar-refractivity contribution in [1.29, 1.82) is 0 Å². The molecule has 0 fully saturated rings. The zero-order chi connectivity index (χ0) is 14.1. The largest absolute Gasteiger partial charge is 0.399 e. The summed E-state index contributed by atoms with van der Waals surface area (Å²) in [6, 6.07) is 3.28. The van der Waals surface area contributed by atoms with Crippen LogP contribution in [-0.2, 0) is 10.0 Å². The molecule has 0 aromatic heterocycles. The Morgan fingerprint density at radius 1 is 1.22 bits per heavy atom. The molecule has 0 heterocycles. The summed E-state index contributed by atoms with van der Waals surface area (Å²) < 4.78 is 27.1. The molecule has 0 atom stereocenters. The Morgan fingerprint density at radius 2 is 1.78 bits per heavy atom. The SMILES string of the molecule is Cc1cc(N)cc(S(=O)(=O)NCC(C)(C)C)c1C. The zero-order valence-electron chi connectivity index (χ0n) is 11.7. The van der Waals surface area contributed by atoms with Crippen LogP contribution in [0.1, 0.15) is 31.9 Å². The number of rotatable bonds is 3. The van der Waals surface area contributed by atoms with Gasteiger partial charge in [-0.3, -0.25) is 0 Å². The lowest BCUT2D eigenvalue weighted by Crippen LogP contribution is -2.32. The monoisotopic (exact) mass is 270 g/mol. The molecule has 0 amide bonds. The fraction of sp³-hybridized carbons (Fsp3) is 0.538. The first-order chi connectivity index (χ1) is 8.03. The Hall–Kier alpha value is -1.07. The summed E-state index contributed by atoms with van der Waals surface area (Å²) in [6.45, 7) is 9.98. The van der Waals surface area contributed by atoms with Gasteiger partial charge in [-0.2, -0.15) is 0 Å². The van der Waals surface area contributed by atoms with Gasteiger partial charge in [0.1, 0.15) is 0 Å². The van der Waals surface area contributed by atoms with E-state index in [1.807, 2.05) is 27.7 Å². The number of anilines is 1. The highest BCUT2D eigenvalue weighted by Crippen LogP contribution is 2.23. The van der Waals surface area contributed by atoms with E-state index in [-0.39, 0.29) is 10.3 Å². The lowest BCUT2D eigenvalue weighted by Gasteiger charge is -2.19. The van der Waals surface area contributed by atoms with Gasteiger partial charge >= 0.3 is 0 Å². The lowest BCUT2D eigenvalue weighted by molar-refractivity contribution is 0.407. The molecule has 0 bridgehead atoms. The molecule has 1 aromatic carbocycles. The van der Waals surface area contributed by atoms with Crippen molar-refractivity contribution in [2.24, 2.45) is 5.41 Å². The maximum absolute atomic E-state index is 12.2. The molecule has 102 valence electrons. The highest BCUT2D eigenvalue weighted by molar-refractivity contribution is 7.89. The van der Waals surface area contributed by atoms with Gasteiger partial charge in [0.2, 0.25) is 10.0 Å². The molecule has 3 N–H and O–H groups in total. The highest BCUT2D eigenvalue weighted by Gasteiger charge is 2.21. The Balaban J connectivity index is 3.13. The van der Waals surface area contributed by atoms with Gasteiger partial charge in [0.05, 0.1) is 4.90 Å². The molecule has 0 saturated carbocycles. The van der Waals surface area contributed by atoms with E-state index in [4.69, 9.17) is 5.73 Å². The van der Waals surface area contributed by atoms with Crippen LogP contribution in [0.5, 0.6) is 0 Å². The van der Waals surface area contributed by atoms with E-state index < -0.39 is 10.0 Å². The van der Waals surface area contributed by atoms with Crippen LogP contribution >= 0.6 is 0 Å². The molecule has 0 aliphatic heterocycles. The smallest absolute Gasteiger partial charge is 0.240 e. The van der Waals surface area contributed by atoms with Crippen molar-refractivity contribution < 1.29 is 8.42 Å². The number of hydrogen-bond acceptors (Lipinski definition) is 3. The standard InChI is InChI=1S/C13H22N2O2S/c1-9-6-11(14)7-12(10(9)2)18(16,17)15-8-13(3,4)5/h6-7,15H,8,14H2,1-5H3. The van der Waals surface area contributed by atoms with Crippen LogP contribution < -0.4 is 10.5 Å². The summed E-state index contributed by atoms with van der Waals surface area (Å²) in [4.78, 5) is 0.268. The van der Waals surface area contributed by atoms with Crippen molar-refractivity contribution >= 4 is 15.7 Å². The van der Waals surface area contributed by atoms with Crippen LogP contribution in [0, 0.1) is 19.3 Å². The fourth-order valence-corrected chi connectivity index (χ4v) is 3.16. The first-order valence-corrected chi connectivity index (χ1v) is 7.38. The van der Waals surface area contributed by atoms with E-state index in [0.29, 0.717) is 12.2 Å². The maximum atomic E-state index is 12.2. The lowest BCUT2D eigenvalue weighted by atomic mass is 9.98. The molecule has 1 rings (SSSR count). The summed E-state index contributed by atoms with van der Waals surface area (Å²) in [7, 11) is -3.50. The number of aryl methyl sites for hydroxylation is 1. The Kier molecular flexibility index (Phi) is 4.08. The second kappa shape index (κ2) is 4.90. The minimum absolute atomic E-state index is 0.101. The second-order valence-corrected chi connectivity index (χ2v) is 7.58. The van der Waals surface area contributed by atoms with E-state index in [1.54, 1.807) is 13.0 Å². The number of nitrogens with two attached hydrogens (primary N) is 1. The predicted molar refractivity (Wildman–Crippen MR) is 75.0 cm³/mol. The number of benzene rings is 1. The number of nitrogen functional groups attached to an aromatic ring is 1. The predicted octanol–water partition coefficient (Wildman–Crippen LogP) is 2.21. The van der Waals surface area contributed by atoms with Crippen LogP contribution in [0.25, 0.3) is 0 Å². The average molecular weight is 270 g/mol. The molecule has 0 saturated heterocycles. The van der Waals surface area contributed by atoms with Crippen LogP contribution in [0.15, 0.2) is 17.0 Å². The molecule has 5 heteroatoms.